The maximum Gasteiger partial charge on any atom is 0.192 e. The normalized spacial score (nSPS) is 11.3. The zero-order valence-electron chi connectivity index (χ0n) is 10.6. The highest BCUT2D eigenvalue weighted by molar-refractivity contribution is 9.10. The number of aromatic nitrogens is 1. The van der Waals surface area contributed by atoms with Crippen molar-refractivity contribution in [3.8, 4) is 0 Å². The quantitative estimate of drug-likeness (QED) is 0.888. The van der Waals surface area contributed by atoms with Gasteiger partial charge in [-0.15, -0.1) is 0 Å². The summed E-state index contributed by atoms with van der Waals surface area (Å²) >= 11 is 9.35. The van der Waals surface area contributed by atoms with Crippen molar-refractivity contribution < 1.29 is 8.42 Å². The highest BCUT2D eigenvalue weighted by Crippen LogP contribution is 2.23. The molecule has 0 bridgehead atoms. The van der Waals surface area contributed by atoms with Crippen molar-refractivity contribution in [3.63, 3.8) is 0 Å². The third kappa shape index (κ3) is 3.94. The van der Waals surface area contributed by atoms with Crippen LogP contribution >= 0.6 is 27.5 Å². The molecule has 2 aromatic rings. The number of hydrogen-bond acceptors (Lipinski definition) is 4. The molecule has 1 N–H and O–H groups in total. The van der Waals surface area contributed by atoms with E-state index in [1.54, 1.807) is 6.07 Å². The molecule has 0 aliphatic carbocycles. The molecule has 0 fully saturated rings. The van der Waals surface area contributed by atoms with E-state index in [0.29, 0.717) is 11.6 Å². The molecule has 0 amide bonds. The lowest BCUT2D eigenvalue weighted by Crippen LogP contribution is -2.03. The molecule has 20 heavy (non-hydrogen) atoms. The van der Waals surface area contributed by atoms with Gasteiger partial charge in [0.2, 0.25) is 0 Å². The van der Waals surface area contributed by atoms with Gasteiger partial charge in [0.05, 0.1) is 16.9 Å². The summed E-state index contributed by atoms with van der Waals surface area (Å²) in [6.07, 6.45) is 2.63. The van der Waals surface area contributed by atoms with Crippen LogP contribution in [-0.2, 0) is 16.4 Å². The molecule has 1 heterocycles. The second-order valence-corrected chi connectivity index (χ2v) is 7.48. The lowest BCUT2D eigenvalue weighted by molar-refractivity contribution is 0.598. The minimum absolute atomic E-state index is 0.0646. The van der Waals surface area contributed by atoms with Gasteiger partial charge in [0.1, 0.15) is 0 Å². The summed E-state index contributed by atoms with van der Waals surface area (Å²) in [5.74, 6) is 0. The number of nitrogens with one attached hydrogen (secondary N) is 1. The van der Waals surface area contributed by atoms with E-state index in [1.165, 1.54) is 12.3 Å². The van der Waals surface area contributed by atoms with Gasteiger partial charge in [0.25, 0.3) is 0 Å². The Bertz CT molecular complexity index is 718. The van der Waals surface area contributed by atoms with Crippen LogP contribution in [0.25, 0.3) is 0 Å². The number of nitrogens with zero attached hydrogens (tertiary/aromatic N) is 1. The Labute approximate surface area is 131 Å². The molecular weight excluding hydrogens is 364 g/mol. The summed E-state index contributed by atoms with van der Waals surface area (Å²) in [6, 6.07) is 8.85. The summed E-state index contributed by atoms with van der Waals surface area (Å²) in [5.41, 5.74) is 1.77. The number of anilines is 1. The fraction of sp³-hybridized carbons (Fsp3) is 0.154. The third-order valence-corrected chi connectivity index (χ3v) is 4.83. The molecule has 1 aromatic heterocycles. The minimum atomic E-state index is -3.26. The monoisotopic (exact) mass is 374 g/mol. The molecular formula is C13H12BrClN2O2S. The van der Waals surface area contributed by atoms with Crippen LogP contribution < -0.4 is 5.32 Å². The summed E-state index contributed by atoms with van der Waals surface area (Å²) < 4.78 is 23.4. The number of pyridine rings is 1. The number of benzene rings is 1. The first-order valence-electron chi connectivity index (χ1n) is 5.70. The van der Waals surface area contributed by atoms with E-state index < -0.39 is 9.84 Å². The van der Waals surface area contributed by atoms with Gasteiger partial charge >= 0.3 is 0 Å². The van der Waals surface area contributed by atoms with Gasteiger partial charge in [-0.25, -0.2) is 13.4 Å². The molecule has 0 aliphatic heterocycles. The smallest absolute Gasteiger partial charge is 0.192 e. The minimum Gasteiger partial charge on any atom is -0.380 e. The van der Waals surface area contributed by atoms with Crippen LogP contribution in [0.1, 0.15) is 5.56 Å². The molecule has 1 aromatic carbocycles. The van der Waals surface area contributed by atoms with Gasteiger partial charge in [-0.3, -0.25) is 0 Å². The van der Waals surface area contributed by atoms with Crippen LogP contribution in [-0.4, -0.2) is 19.7 Å². The van der Waals surface area contributed by atoms with Crippen molar-refractivity contribution in [3.05, 3.63) is 51.6 Å². The molecule has 2 rings (SSSR count). The first-order chi connectivity index (χ1) is 9.36. The van der Waals surface area contributed by atoms with Crippen LogP contribution in [0.3, 0.4) is 0 Å². The molecule has 0 radical (unpaired) electrons. The fourth-order valence-corrected chi connectivity index (χ4v) is 2.57. The average molecular weight is 376 g/mol. The number of hydrogen-bond donors (Lipinski definition) is 1. The summed E-state index contributed by atoms with van der Waals surface area (Å²) in [4.78, 5) is 3.91. The van der Waals surface area contributed by atoms with Crippen LogP contribution in [0.5, 0.6) is 0 Å². The lowest BCUT2D eigenvalue weighted by atomic mass is 10.2. The Hall–Kier alpha value is -1.11. The van der Waals surface area contributed by atoms with Crippen LogP contribution in [0.2, 0.25) is 5.02 Å². The summed E-state index contributed by atoms with van der Waals surface area (Å²) in [7, 11) is -3.26. The Morgan fingerprint density at radius 1 is 1.30 bits per heavy atom. The van der Waals surface area contributed by atoms with Crippen molar-refractivity contribution in [2.45, 2.75) is 11.6 Å². The number of rotatable bonds is 4. The van der Waals surface area contributed by atoms with Gasteiger partial charge in [0, 0.05) is 17.3 Å². The maximum atomic E-state index is 11.3. The van der Waals surface area contributed by atoms with E-state index in [1.807, 2.05) is 18.2 Å². The molecule has 106 valence electrons. The van der Waals surface area contributed by atoms with Crippen molar-refractivity contribution >= 4 is 43.1 Å². The van der Waals surface area contributed by atoms with E-state index in [2.05, 4.69) is 26.2 Å². The van der Waals surface area contributed by atoms with Crippen LogP contribution in [0.4, 0.5) is 5.69 Å². The second kappa shape index (κ2) is 6.11. The van der Waals surface area contributed by atoms with Crippen molar-refractivity contribution in [2.75, 3.05) is 11.6 Å². The number of sulfone groups is 1. The van der Waals surface area contributed by atoms with E-state index in [4.69, 9.17) is 11.6 Å². The molecule has 0 atom stereocenters. The predicted molar refractivity (Wildman–Crippen MR) is 83.8 cm³/mol. The first-order valence-corrected chi connectivity index (χ1v) is 8.76. The van der Waals surface area contributed by atoms with E-state index >= 15 is 0 Å². The van der Waals surface area contributed by atoms with Gasteiger partial charge in [-0.05, 0) is 45.8 Å². The fourth-order valence-electron chi connectivity index (χ4n) is 1.56. The standard InChI is InChI=1S/C13H12BrClN2O2S/c1-20(18,19)13-5-3-10(8-17-13)16-7-9-2-4-11(14)12(15)6-9/h2-6,8,16H,7H2,1H3. The average Bonchev–Trinajstić information content (AvgIpc) is 2.40. The third-order valence-electron chi connectivity index (χ3n) is 2.60. The SMILES string of the molecule is CS(=O)(=O)c1ccc(NCc2ccc(Br)c(Cl)c2)cn1. The van der Waals surface area contributed by atoms with Gasteiger partial charge in [-0.1, -0.05) is 17.7 Å². The van der Waals surface area contributed by atoms with Crippen molar-refractivity contribution in [1.82, 2.24) is 4.98 Å². The molecule has 0 aliphatic rings. The molecule has 0 unspecified atom stereocenters. The number of halogens is 2. The van der Waals surface area contributed by atoms with Gasteiger partial charge in [-0.2, -0.15) is 0 Å². The van der Waals surface area contributed by atoms with Gasteiger partial charge in [0.15, 0.2) is 14.9 Å². The Balaban J connectivity index is 2.06. The van der Waals surface area contributed by atoms with Crippen LogP contribution in [0.15, 0.2) is 46.0 Å². The van der Waals surface area contributed by atoms with Crippen molar-refractivity contribution in [2.24, 2.45) is 0 Å². The van der Waals surface area contributed by atoms with Crippen LogP contribution in [0, 0.1) is 0 Å². The first kappa shape index (κ1) is 15.3. The molecule has 0 spiro atoms. The zero-order valence-corrected chi connectivity index (χ0v) is 13.8. The molecule has 0 saturated heterocycles. The summed E-state index contributed by atoms with van der Waals surface area (Å²) in [6.45, 7) is 0.576. The highest BCUT2D eigenvalue weighted by Gasteiger charge is 2.07. The Morgan fingerprint density at radius 2 is 2.05 bits per heavy atom. The van der Waals surface area contributed by atoms with Crippen molar-refractivity contribution in [1.29, 1.82) is 0 Å². The Kier molecular flexibility index (Phi) is 4.67. The van der Waals surface area contributed by atoms with E-state index in [-0.39, 0.29) is 5.03 Å². The molecule has 7 heteroatoms. The zero-order chi connectivity index (χ0) is 14.8. The maximum absolute atomic E-state index is 11.3. The lowest BCUT2D eigenvalue weighted by Gasteiger charge is -2.07. The molecule has 0 saturated carbocycles. The highest BCUT2D eigenvalue weighted by atomic mass is 79.9. The van der Waals surface area contributed by atoms with E-state index in [0.717, 1.165) is 22.0 Å². The van der Waals surface area contributed by atoms with Gasteiger partial charge < -0.3 is 5.32 Å². The summed E-state index contributed by atoms with van der Waals surface area (Å²) in [5, 5.41) is 3.87. The molecule has 4 nitrogen and oxygen atoms in total. The Morgan fingerprint density at radius 3 is 2.60 bits per heavy atom. The largest absolute Gasteiger partial charge is 0.380 e. The predicted octanol–water partition coefficient (Wildman–Crippen LogP) is 3.51. The topological polar surface area (TPSA) is 59.1 Å². The van der Waals surface area contributed by atoms with E-state index in [9.17, 15) is 8.42 Å². The second-order valence-electron chi connectivity index (χ2n) is 4.26.